The topological polar surface area (TPSA) is 20.2 Å². The molecule has 0 spiro atoms. The van der Waals surface area contributed by atoms with Crippen LogP contribution in [0.4, 0.5) is 0 Å². The van der Waals surface area contributed by atoms with Crippen LogP contribution in [0.3, 0.4) is 0 Å². The Balaban J connectivity index is 1.89. The zero-order chi connectivity index (χ0) is 14.8. The second-order valence-corrected chi connectivity index (χ2v) is 8.42. The first-order chi connectivity index (χ1) is 10.1. The van der Waals surface area contributed by atoms with Gasteiger partial charge in [-0.05, 0) is 54.6 Å². The SMILES string of the molecule is OC(c1ccc(-c2ccccc2)cc1)c1cc(Br)sc1Br. The van der Waals surface area contributed by atoms with Crippen molar-refractivity contribution < 1.29 is 5.11 Å². The normalized spacial score (nSPS) is 12.3. The zero-order valence-corrected chi connectivity index (χ0v) is 15.0. The molecule has 1 N–H and O–H groups in total. The predicted octanol–water partition coefficient (Wildman–Crippen LogP) is 6.02. The van der Waals surface area contributed by atoms with Gasteiger partial charge in [0.25, 0.3) is 0 Å². The third-order valence-electron chi connectivity index (χ3n) is 3.31. The first kappa shape index (κ1) is 15.0. The number of rotatable bonds is 3. The molecule has 2 aromatic carbocycles. The molecule has 1 unspecified atom stereocenters. The van der Waals surface area contributed by atoms with E-state index in [4.69, 9.17) is 0 Å². The Morgan fingerprint density at radius 3 is 2.05 bits per heavy atom. The highest BCUT2D eigenvalue weighted by atomic mass is 79.9. The number of benzene rings is 2. The fourth-order valence-corrected chi connectivity index (χ4v) is 5.09. The van der Waals surface area contributed by atoms with Crippen LogP contribution in [0.25, 0.3) is 11.1 Å². The van der Waals surface area contributed by atoms with E-state index in [0.717, 1.165) is 24.3 Å². The number of hydrogen-bond donors (Lipinski definition) is 1. The summed E-state index contributed by atoms with van der Waals surface area (Å²) in [6, 6.07) is 20.2. The summed E-state index contributed by atoms with van der Waals surface area (Å²) < 4.78 is 1.96. The number of thiophene rings is 1. The second kappa shape index (κ2) is 6.44. The summed E-state index contributed by atoms with van der Waals surface area (Å²) in [6.45, 7) is 0. The highest BCUT2D eigenvalue weighted by Gasteiger charge is 2.16. The molecule has 0 aliphatic carbocycles. The van der Waals surface area contributed by atoms with Gasteiger partial charge in [-0.25, -0.2) is 0 Å². The Morgan fingerprint density at radius 1 is 0.857 bits per heavy atom. The molecule has 0 saturated carbocycles. The van der Waals surface area contributed by atoms with Crippen LogP contribution in [0.2, 0.25) is 0 Å². The van der Waals surface area contributed by atoms with Gasteiger partial charge in [-0.1, -0.05) is 54.6 Å². The van der Waals surface area contributed by atoms with Crippen molar-refractivity contribution >= 4 is 43.2 Å². The molecule has 0 amide bonds. The molecule has 1 atom stereocenters. The van der Waals surface area contributed by atoms with Crippen molar-refractivity contribution in [1.29, 1.82) is 0 Å². The van der Waals surface area contributed by atoms with E-state index < -0.39 is 6.10 Å². The molecule has 0 bridgehead atoms. The summed E-state index contributed by atoms with van der Waals surface area (Å²) in [4.78, 5) is 0. The van der Waals surface area contributed by atoms with Gasteiger partial charge in [0.2, 0.25) is 0 Å². The minimum atomic E-state index is -0.619. The Morgan fingerprint density at radius 2 is 1.48 bits per heavy atom. The molecular formula is C17H12Br2OS. The lowest BCUT2D eigenvalue weighted by molar-refractivity contribution is 0.220. The minimum absolute atomic E-state index is 0.619. The fourth-order valence-electron chi connectivity index (χ4n) is 2.21. The van der Waals surface area contributed by atoms with Crippen LogP contribution in [-0.4, -0.2) is 5.11 Å². The Labute approximate surface area is 144 Å². The van der Waals surface area contributed by atoms with Crippen molar-refractivity contribution in [2.24, 2.45) is 0 Å². The number of hydrogen-bond acceptors (Lipinski definition) is 2. The molecule has 3 rings (SSSR count). The zero-order valence-electron chi connectivity index (χ0n) is 11.0. The van der Waals surface area contributed by atoms with E-state index in [1.54, 1.807) is 11.3 Å². The van der Waals surface area contributed by atoms with Crippen molar-refractivity contribution in [2.75, 3.05) is 0 Å². The van der Waals surface area contributed by atoms with Gasteiger partial charge in [0.05, 0.1) is 7.57 Å². The highest BCUT2D eigenvalue weighted by molar-refractivity contribution is 9.12. The lowest BCUT2D eigenvalue weighted by atomic mass is 10.00. The van der Waals surface area contributed by atoms with E-state index >= 15 is 0 Å². The van der Waals surface area contributed by atoms with Gasteiger partial charge < -0.3 is 5.11 Å². The van der Waals surface area contributed by atoms with Gasteiger partial charge in [-0.2, -0.15) is 0 Å². The molecule has 3 aromatic rings. The van der Waals surface area contributed by atoms with Crippen molar-refractivity contribution in [3.05, 3.63) is 79.4 Å². The quantitative estimate of drug-likeness (QED) is 0.545. The molecule has 0 radical (unpaired) electrons. The maximum Gasteiger partial charge on any atom is 0.106 e. The molecule has 0 saturated heterocycles. The van der Waals surface area contributed by atoms with Gasteiger partial charge in [0.15, 0.2) is 0 Å². The first-order valence-electron chi connectivity index (χ1n) is 6.43. The largest absolute Gasteiger partial charge is 0.384 e. The monoisotopic (exact) mass is 422 g/mol. The summed E-state index contributed by atoms with van der Waals surface area (Å²) in [5, 5.41) is 10.5. The summed E-state index contributed by atoms with van der Waals surface area (Å²) in [7, 11) is 0. The first-order valence-corrected chi connectivity index (χ1v) is 8.83. The third-order valence-corrected chi connectivity index (χ3v) is 5.70. The van der Waals surface area contributed by atoms with E-state index in [0.29, 0.717) is 0 Å². The van der Waals surface area contributed by atoms with Crippen LogP contribution < -0.4 is 0 Å². The van der Waals surface area contributed by atoms with Crippen LogP contribution >= 0.6 is 43.2 Å². The molecule has 106 valence electrons. The Kier molecular flexibility index (Phi) is 4.60. The van der Waals surface area contributed by atoms with Gasteiger partial charge >= 0.3 is 0 Å². The van der Waals surface area contributed by atoms with Crippen molar-refractivity contribution in [3.8, 4) is 11.1 Å². The smallest absolute Gasteiger partial charge is 0.106 e. The number of aliphatic hydroxyl groups is 1. The number of halogens is 2. The maximum absolute atomic E-state index is 10.5. The van der Waals surface area contributed by atoms with E-state index in [-0.39, 0.29) is 0 Å². The molecule has 0 fully saturated rings. The average Bonchev–Trinajstić information content (AvgIpc) is 2.86. The molecule has 1 heterocycles. The molecule has 1 aromatic heterocycles. The van der Waals surface area contributed by atoms with E-state index in [2.05, 4.69) is 44.0 Å². The van der Waals surface area contributed by atoms with Gasteiger partial charge in [-0.15, -0.1) is 11.3 Å². The Hall–Kier alpha value is -0.940. The second-order valence-electron chi connectivity index (χ2n) is 4.67. The summed E-state index contributed by atoms with van der Waals surface area (Å²) in [6.07, 6.45) is -0.619. The van der Waals surface area contributed by atoms with Gasteiger partial charge in [0.1, 0.15) is 6.10 Å². The average molecular weight is 424 g/mol. The van der Waals surface area contributed by atoms with E-state index in [1.165, 1.54) is 5.56 Å². The van der Waals surface area contributed by atoms with Crippen molar-refractivity contribution in [3.63, 3.8) is 0 Å². The molecule has 1 nitrogen and oxygen atoms in total. The van der Waals surface area contributed by atoms with E-state index in [9.17, 15) is 5.11 Å². The predicted molar refractivity (Wildman–Crippen MR) is 95.7 cm³/mol. The van der Waals surface area contributed by atoms with Crippen molar-refractivity contribution in [2.45, 2.75) is 6.10 Å². The van der Waals surface area contributed by atoms with Crippen LogP contribution in [0, 0.1) is 0 Å². The minimum Gasteiger partial charge on any atom is -0.384 e. The molecule has 21 heavy (non-hydrogen) atoms. The molecule has 4 heteroatoms. The van der Waals surface area contributed by atoms with Gasteiger partial charge in [-0.3, -0.25) is 0 Å². The van der Waals surface area contributed by atoms with Crippen LogP contribution in [-0.2, 0) is 0 Å². The summed E-state index contributed by atoms with van der Waals surface area (Å²) >= 11 is 8.50. The lowest BCUT2D eigenvalue weighted by Crippen LogP contribution is -1.98. The van der Waals surface area contributed by atoms with Crippen molar-refractivity contribution in [1.82, 2.24) is 0 Å². The maximum atomic E-state index is 10.5. The highest BCUT2D eigenvalue weighted by Crippen LogP contribution is 2.38. The molecule has 0 aliphatic heterocycles. The van der Waals surface area contributed by atoms with Crippen LogP contribution in [0.5, 0.6) is 0 Å². The van der Waals surface area contributed by atoms with Gasteiger partial charge in [0, 0.05) is 5.56 Å². The molecule has 0 aliphatic rings. The van der Waals surface area contributed by atoms with Crippen LogP contribution in [0.1, 0.15) is 17.2 Å². The van der Waals surface area contributed by atoms with Crippen LogP contribution in [0.15, 0.2) is 68.2 Å². The molecular weight excluding hydrogens is 412 g/mol. The standard InChI is InChI=1S/C17H12Br2OS/c18-15-10-14(17(19)21-15)16(20)13-8-6-12(7-9-13)11-4-2-1-3-5-11/h1-10,16,20H. The van der Waals surface area contributed by atoms with E-state index in [1.807, 2.05) is 48.5 Å². The Bertz CT molecular complexity index is 735. The summed E-state index contributed by atoms with van der Waals surface area (Å²) in [5.74, 6) is 0. The lowest BCUT2D eigenvalue weighted by Gasteiger charge is -2.11. The fraction of sp³-hybridized carbons (Fsp3) is 0.0588. The number of aliphatic hydroxyl groups excluding tert-OH is 1. The third kappa shape index (κ3) is 3.29. The summed E-state index contributed by atoms with van der Waals surface area (Å²) in [5.41, 5.74) is 4.11.